The molecule has 1 fully saturated rings. The van der Waals surface area contributed by atoms with Gasteiger partial charge in [-0.05, 0) is 65.4 Å². The molecular formula is C30H29ClFNO4. The molecule has 3 aromatic carbocycles. The van der Waals surface area contributed by atoms with Crippen molar-refractivity contribution in [2.24, 2.45) is 0 Å². The lowest BCUT2D eigenvalue weighted by atomic mass is 9.85. The largest absolute Gasteiger partial charge is 0.507 e. The molecule has 1 aliphatic rings. The summed E-state index contributed by atoms with van der Waals surface area (Å²) in [6.45, 7) is 8.82. The summed E-state index contributed by atoms with van der Waals surface area (Å²) in [5.41, 5.74) is 2.15. The van der Waals surface area contributed by atoms with Crippen LogP contribution >= 0.6 is 11.6 Å². The lowest BCUT2D eigenvalue weighted by Crippen LogP contribution is -2.29. The van der Waals surface area contributed by atoms with Gasteiger partial charge in [0.2, 0.25) is 0 Å². The van der Waals surface area contributed by atoms with Gasteiger partial charge in [0.05, 0.1) is 23.2 Å². The Balaban J connectivity index is 1.87. The SMILES string of the molecule is CCCOc1ccc(/C(O)=C2\C(=O)C(=O)N(c3ccc(F)c(Cl)c3)C2c2ccc(C(C)(C)C)cc2)cc1. The number of rotatable bonds is 6. The Morgan fingerprint density at radius 1 is 1.03 bits per heavy atom. The molecule has 0 aromatic heterocycles. The Labute approximate surface area is 221 Å². The normalized spacial score (nSPS) is 17.4. The number of nitrogens with zero attached hydrogens (tertiary/aromatic N) is 1. The van der Waals surface area contributed by atoms with E-state index in [2.05, 4.69) is 20.8 Å². The Morgan fingerprint density at radius 2 is 1.68 bits per heavy atom. The monoisotopic (exact) mass is 521 g/mol. The number of ether oxygens (including phenoxy) is 1. The van der Waals surface area contributed by atoms with Gasteiger partial charge in [-0.3, -0.25) is 14.5 Å². The highest BCUT2D eigenvalue weighted by molar-refractivity contribution is 6.51. The average Bonchev–Trinajstić information content (AvgIpc) is 3.14. The number of carbonyl (C=O) groups excluding carboxylic acids is 2. The molecule has 1 saturated heterocycles. The van der Waals surface area contributed by atoms with E-state index in [1.54, 1.807) is 24.3 Å². The van der Waals surface area contributed by atoms with E-state index in [0.29, 0.717) is 23.5 Å². The summed E-state index contributed by atoms with van der Waals surface area (Å²) in [5.74, 6) is -1.99. The summed E-state index contributed by atoms with van der Waals surface area (Å²) in [5, 5.41) is 11.1. The summed E-state index contributed by atoms with van der Waals surface area (Å²) < 4.78 is 19.5. The first kappa shape index (κ1) is 26.4. The van der Waals surface area contributed by atoms with Crippen LogP contribution in [0.1, 0.15) is 56.8 Å². The average molecular weight is 522 g/mol. The van der Waals surface area contributed by atoms with Gasteiger partial charge < -0.3 is 9.84 Å². The zero-order chi connectivity index (χ0) is 26.9. The first-order chi connectivity index (χ1) is 17.5. The summed E-state index contributed by atoms with van der Waals surface area (Å²) in [6.07, 6.45) is 0.854. The maximum atomic E-state index is 13.9. The third kappa shape index (κ3) is 5.25. The molecule has 0 saturated carbocycles. The van der Waals surface area contributed by atoms with Crippen molar-refractivity contribution in [3.63, 3.8) is 0 Å². The Hall–Kier alpha value is -3.64. The number of halogens is 2. The molecule has 1 unspecified atom stereocenters. The van der Waals surface area contributed by atoms with Gasteiger partial charge in [0.1, 0.15) is 17.3 Å². The predicted octanol–water partition coefficient (Wildman–Crippen LogP) is 7.19. The van der Waals surface area contributed by atoms with Gasteiger partial charge in [-0.1, -0.05) is 63.6 Å². The molecule has 1 heterocycles. The molecule has 0 bridgehead atoms. The van der Waals surface area contributed by atoms with Crippen LogP contribution in [0.15, 0.2) is 72.3 Å². The van der Waals surface area contributed by atoms with Crippen LogP contribution < -0.4 is 9.64 Å². The topological polar surface area (TPSA) is 66.8 Å². The molecule has 3 aromatic rings. The van der Waals surface area contributed by atoms with E-state index in [1.807, 2.05) is 31.2 Å². The first-order valence-electron chi connectivity index (χ1n) is 12.1. The third-order valence-corrected chi connectivity index (χ3v) is 6.61. The molecule has 0 spiro atoms. The Kier molecular flexibility index (Phi) is 7.42. The van der Waals surface area contributed by atoms with E-state index in [1.165, 1.54) is 17.0 Å². The fourth-order valence-corrected chi connectivity index (χ4v) is 4.47. The zero-order valence-corrected chi connectivity index (χ0v) is 22.0. The molecule has 5 nitrogen and oxygen atoms in total. The summed E-state index contributed by atoms with van der Waals surface area (Å²) in [4.78, 5) is 27.9. The fraction of sp³-hybridized carbons (Fsp3) is 0.267. The molecule has 4 rings (SSSR count). The number of aliphatic hydroxyl groups is 1. The van der Waals surface area contributed by atoms with E-state index >= 15 is 0 Å². The fourth-order valence-electron chi connectivity index (χ4n) is 4.30. The second-order valence-electron chi connectivity index (χ2n) is 10.0. The minimum atomic E-state index is -0.938. The van der Waals surface area contributed by atoms with Gasteiger partial charge in [-0.25, -0.2) is 4.39 Å². The van der Waals surface area contributed by atoms with Gasteiger partial charge in [-0.15, -0.1) is 0 Å². The number of ketones is 1. The number of anilines is 1. The van der Waals surface area contributed by atoms with E-state index in [-0.39, 0.29) is 27.5 Å². The zero-order valence-electron chi connectivity index (χ0n) is 21.2. The van der Waals surface area contributed by atoms with E-state index < -0.39 is 23.5 Å². The van der Waals surface area contributed by atoms with Crippen molar-refractivity contribution in [2.75, 3.05) is 11.5 Å². The second-order valence-corrected chi connectivity index (χ2v) is 10.4. The van der Waals surface area contributed by atoms with Gasteiger partial charge in [-0.2, -0.15) is 0 Å². The molecule has 1 N–H and O–H groups in total. The lowest BCUT2D eigenvalue weighted by molar-refractivity contribution is -0.132. The van der Waals surface area contributed by atoms with E-state index in [4.69, 9.17) is 16.3 Å². The maximum absolute atomic E-state index is 13.9. The smallest absolute Gasteiger partial charge is 0.300 e. The highest BCUT2D eigenvalue weighted by Gasteiger charge is 2.47. The molecule has 0 aliphatic carbocycles. The number of aliphatic hydroxyl groups excluding tert-OH is 1. The van der Waals surface area contributed by atoms with Crippen molar-refractivity contribution < 1.29 is 23.8 Å². The van der Waals surface area contributed by atoms with Crippen molar-refractivity contribution in [3.05, 3.63) is 99.8 Å². The van der Waals surface area contributed by atoms with Crippen LogP contribution in [0.25, 0.3) is 5.76 Å². The molecular weight excluding hydrogens is 493 g/mol. The van der Waals surface area contributed by atoms with Crippen LogP contribution in [0.4, 0.5) is 10.1 Å². The van der Waals surface area contributed by atoms with Crippen molar-refractivity contribution >= 4 is 34.7 Å². The van der Waals surface area contributed by atoms with Crippen LogP contribution in [0.2, 0.25) is 5.02 Å². The van der Waals surface area contributed by atoms with Gasteiger partial charge in [0, 0.05) is 11.3 Å². The van der Waals surface area contributed by atoms with E-state index in [0.717, 1.165) is 18.1 Å². The molecule has 1 atom stereocenters. The second kappa shape index (κ2) is 10.4. The van der Waals surface area contributed by atoms with Crippen LogP contribution in [0.3, 0.4) is 0 Å². The van der Waals surface area contributed by atoms with Crippen LogP contribution in [0, 0.1) is 5.82 Å². The minimum Gasteiger partial charge on any atom is -0.507 e. The predicted molar refractivity (Wildman–Crippen MR) is 144 cm³/mol. The van der Waals surface area contributed by atoms with Crippen LogP contribution in [-0.4, -0.2) is 23.4 Å². The number of hydrogen-bond acceptors (Lipinski definition) is 4. The number of carbonyl (C=O) groups is 2. The number of benzene rings is 3. The highest BCUT2D eigenvalue weighted by atomic mass is 35.5. The summed E-state index contributed by atoms with van der Waals surface area (Å²) >= 11 is 6.02. The molecule has 192 valence electrons. The molecule has 1 aliphatic heterocycles. The van der Waals surface area contributed by atoms with Crippen LogP contribution in [-0.2, 0) is 15.0 Å². The van der Waals surface area contributed by atoms with Crippen LogP contribution in [0.5, 0.6) is 5.75 Å². The van der Waals surface area contributed by atoms with Crippen molar-refractivity contribution in [2.45, 2.75) is 45.6 Å². The Morgan fingerprint density at radius 3 is 2.24 bits per heavy atom. The quantitative estimate of drug-likeness (QED) is 0.212. The minimum absolute atomic E-state index is 0.0591. The van der Waals surface area contributed by atoms with Crippen molar-refractivity contribution in [3.8, 4) is 5.75 Å². The van der Waals surface area contributed by atoms with Gasteiger partial charge in [0.25, 0.3) is 11.7 Å². The number of amides is 1. The van der Waals surface area contributed by atoms with Gasteiger partial charge in [0.15, 0.2) is 0 Å². The number of Topliss-reactive ketones (excluding diaryl/α,β-unsaturated/α-hetero) is 1. The lowest BCUT2D eigenvalue weighted by Gasteiger charge is -2.27. The van der Waals surface area contributed by atoms with Crippen molar-refractivity contribution in [1.82, 2.24) is 0 Å². The van der Waals surface area contributed by atoms with E-state index in [9.17, 15) is 19.1 Å². The van der Waals surface area contributed by atoms with Crippen molar-refractivity contribution in [1.29, 1.82) is 0 Å². The Bertz CT molecular complexity index is 1360. The third-order valence-electron chi connectivity index (χ3n) is 6.32. The highest BCUT2D eigenvalue weighted by Crippen LogP contribution is 2.43. The summed E-state index contributed by atoms with van der Waals surface area (Å²) in [7, 11) is 0. The summed E-state index contributed by atoms with van der Waals surface area (Å²) in [6, 6.07) is 17.1. The molecule has 7 heteroatoms. The van der Waals surface area contributed by atoms with Gasteiger partial charge >= 0.3 is 0 Å². The first-order valence-corrected chi connectivity index (χ1v) is 12.5. The molecule has 1 amide bonds. The maximum Gasteiger partial charge on any atom is 0.300 e. The number of hydrogen-bond donors (Lipinski definition) is 1. The molecule has 37 heavy (non-hydrogen) atoms. The molecule has 0 radical (unpaired) electrons. The standard InChI is InChI=1S/C30H29ClFNO4/c1-5-16-37-22-13-8-19(9-14-22)27(34)25-26(18-6-10-20(11-7-18)30(2,3)4)33(29(36)28(25)35)21-12-15-24(32)23(31)17-21/h6-15,17,26,34H,5,16H2,1-4H3/b27-25+.